The molecular formula is C21H26N2O5S. The van der Waals surface area contributed by atoms with E-state index in [0.29, 0.717) is 36.8 Å². The number of fused-ring (bicyclic) bond motifs is 1. The van der Waals surface area contributed by atoms with E-state index in [4.69, 9.17) is 9.47 Å². The van der Waals surface area contributed by atoms with Gasteiger partial charge < -0.3 is 14.8 Å². The fourth-order valence-electron chi connectivity index (χ4n) is 3.16. The summed E-state index contributed by atoms with van der Waals surface area (Å²) in [6, 6.07) is 10.8. The maximum Gasteiger partial charge on any atom is 0.232 e. The Hall–Kier alpha value is -2.74. The van der Waals surface area contributed by atoms with Crippen LogP contribution in [0.1, 0.15) is 24.0 Å². The number of hydrogen-bond donors (Lipinski definition) is 1. The average molecular weight is 419 g/mol. The highest BCUT2D eigenvalue weighted by molar-refractivity contribution is 7.92. The predicted molar refractivity (Wildman–Crippen MR) is 113 cm³/mol. The van der Waals surface area contributed by atoms with Crippen molar-refractivity contribution >= 4 is 27.3 Å². The zero-order valence-electron chi connectivity index (χ0n) is 16.9. The fourth-order valence-corrected chi connectivity index (χ4v) is 4.11. The molecule has 0 spiro atoms. The first-order chi connectivity index (χ1) is 13.8. The lowest BCUT2D eigenvalue weighted by Gasteiger charge is -2.25. The summed E-state index contributed by atoms with van der Waals surface area (Å²) in [5.41, 5.74) is 3.40. The smallest absolute Gasteiger partial charge is 0.232 e. The third kappa shape index (κ3) is 5.20. The zero-order valence-corrected chi connectivity index (χ0v) is 17.7. The molecule has 29 heavy (non-hydrogen) atoms. The van der Waals surface area contributed by atoms with E-state index < -0.39 is 10.0 Å². The molecule has 1 N–H and O–H groups in total. The predicted octanol–water partition coefficient (Wildman–Crippen LogP) is 3.26. The number of anilines is 2. The Balaban J connectivity index is 1.64. The molecule has 0 aromatic heterocycles. The lowest BCUT2D eigenvalue weighted by atomic mass is 10.1. The van der Waals surface area contributed by atoms with Crippen LogP contribution in [0.4, 0.5) is 11.4 Å². The Morgan fingerprint density at radius 2 is 1.83 bits per heavy atom. The summed E-state index contributed by atoms with van der Waals surface area (Å²) >= 11 is 0. The summed E-state index contributed by atoms with van der Waals surface area (Å²) in [5, 5.41) is 2.90. The first kappa shape index (κ1) is 21.0. The van der Waals surface area contributed by atoms with Crippen LogP contribution in [0.25, 0.3) is 0 Å². The van der Waals surface area contributed by atoms with Gasteiger partial charge in [0.2, 0.25) is 15.9 Å². The molecule has 2 aromatic rings. The Kier molecular flexibility index (Phi) is 6.32. The van der Waals surface area contributed by atoms with Crippen LogP contribution in [0.15, 0.2) is 36.4 Å². The van der Waals surface area contributed by atoms with Gasteiger partial charge in [-0.05, 0) is 49.6 Å². The number of nitrogens with one attached hydrogen (secondary N) is 1. The normalized spacial score (nSPS) is 13.1. The van der Waals surface area contributed by atoms with E-state index in [9.17, 15) is 13.2 Å². The molecule has 1 aliphatic heterocycles. The number of benzene rings is 2. The lowest BCUT2D eigenvalue weighted by Crippen LogP contribution is -2.31. The lowest BCUT2D eigenvalue weighted by molar-refractivity contribution is -0.116. The maximum absolute atomic E-state index is 12.3. The van der Waals surface area contributed by atoms with E-state index in [1.807, 2.05) is 32.0 Å². The molecule has 0 bridgehead atoms. The van der Waals surface area contributed by atoms with Crippen molar-refractivity contribution in [3.05, 3.63) is 47.5 Å². The molecule has 0 radical (unpaired) electrons. The SMILES string of the molecule is Cc1cccc(NC(=O)CCCN(c2ccc3c(c2)OCCO3)S(C)(=O)=O)c1C. The van der Waals surface area contributed by atoms with Crippen molar-refractivity contribution in [1.29, 1.82) is 0 Å². The molecule has 1 heterocycles. The molecule has 1 aliphatic rings. The standard InChI is InChI=1S/C21H26N2O5S/c1-15-6-4-7-18(16(15)2)22-21(24)8-5-11-23(29(3,25)26)17-9-10-19-20(14-17)28-13-12-27-19/h4,6-7,9-10,14H,5,8,11-13H2,1-3H3,(H,22,24). The van der Waals surface area contributed by atoms with Crippen molar-refractivity contribution < 1.29 is 22.7 Å². The van der Waals surface area contributed by atoms with Crippen LogP contribution >= 0.6 is 0 Å². The minimum Gasteiger partial charge on any atom is -0.486 e. The summed E-state index contributed by atoms with van der Waals surface area (Å²) < 4.78 is 36.9. The maximum atomic E-state index is 12.3. The number of carbonyl (C=O) groups is 1. The van der Waals surface area contributed by atoms with Crippen LogP contribution < -0.4 is 19.1 Å². The molecule has 0 saturated carbocycles. The van der Waals surface area contributed by atoms with E-state index in [1.165, 1.54) is 4.31 Å². The van der Waals surface area contributed by atoms with Crippen molar-refractivity contribution in [2.24, 2.45) is 0 Å². The van der Waals surface area contributed by atoms with Gasteiger partial charge in [0.1, 0.15) is 13.2 Å². The third-order valence-corrected chi connectivity index (χ3v) is 6.05. The summed E-state index contributed by atoms with van der Waals surface area (Å²) in [5.74, 6) is 0.978. The molecule has 0 saturated heterocycles. The van der Waals surface area contributed by atoms with Crippen molar-refractivity contribution in [2.45, 2.75) is 26.7 Å². The van der Waals surface area contributed by atoms with Gasteiger partial charge in [0.05, 0.1) is 11.9 Å². The van der Waals surface area contributed by atoms with Crippen LogP contribution in [0.2, 0.25) is 0 Å². The van der Waals surface area contributed by atoms with E-state index in [-0.39, 0.29) is 18.9 Å². The van der Waals surface area contributed by atoms with Crippen LogP contribution in [0.5, 0.6) is 11.5 Å². The molecule has 0 fully saturated rings. The van der Waals surface area contributed by atoms with E-state index in [0.717, 1.165) is 23.1 Å². The number of ether oxygens (including phenoxy) is 2. The van der Waals surface area contributed by atoms with E-state index in [1.54, 1.807) is 18.2 Å². The van der Waals surface area contributed by atoms with Crippen molar-refractivity contribution in [3.8, 4) is 11.5 Å². The molecule has 1 amide bonds. The second-order valence-corrected chi connectivity index (χ2v) is 8.97. The van der Waals surface area contributed by atoms with Crippen molar-refractivity contribution in [3.63, 3.8) is 0 Å². The van der Waals surface area contributed by atoms with Gasteiger partial charge in [-0.2, -0.15) is 0 Å². The number of amides is 1. The number of aryl methyl sites for hydroxylation is 1. The first-order valence-corrected chi connectivity index (χ1v) is 11.3. The molecule has 0 unspecified atom stereocenters. The molecule has 156 valence electrons. The summed E-state index contributed by atoms with van der Waals surface area (Å²) in [4.78, 5) is 12.3. The number of carbonyl (C=O) groups excluding carboxylic acids is 1. The van der Waals surface area contributed by atoms with Gasteiger partial charge in [-0.15, -0.1) is 0 Å². The van der Waals surface area contributed by atoms with Crippen LogP contribution in [-0.4, -0.2) is 40.3 Å². The molecule has 7 nitrogen and oxygen atoms in total. The molecule has 3 rings (SSSR count). The monoisotopic (exact) mass is 418 g/mol. The molecule has 0 aliphatic carbocycles. The highest BCUT2D eigenvalue weighted by Gasteiger charge is 2.21. The van der Waals surface area contributed by atoms with Crippen LogP contribution in [0, 0.1) is 13.8 Å². The number of hydrogen-bond acceptors (Lipinski definition) is 5. The van der Waals surface area contributed by atoms with Crippen molar-refractivity contribution in [2.75, 3.05) is 35.6 Å². The Morgan fingerprint density at radius 1 is 1.10 bits per heavy atom. The van der Waals surface area contributed by atoms with Gasteiger partial charge >= 0.3 is 0 Å². The fraction of sp³-hybridized carbons (Fsp3) is 0.381. The largest absolute Gasteiger partial charge is 0.486 e. The van der Waals surface area contributed by atoms with Crippen LogP contribution in [0.3, 0.4) is 0 Å². The average Bonchev–Trinajstić information content (AvgIpc) is 2.67. The van der Waals surface area contributed by atoms with Gasteiger partial charge in [0.25, 0.3) is 0 Å². The minimum absolute atomic E-state index is 0.144. The highest BCUT2D eigenvalue weighted by Crippen LogP contribution is 2.34. The van der Waals surface area contributed by atoms with Gasteiger partial charge in [0.15, 0.2) is 11.5 Å². The number of nitrogens with zero attached hydrogens (tertiary/aromatic N) is 1. The number of rotatable bonds is 7. The van der Waals surface area contributed by atoms with Crippen LogP contribution in [-0.2, 0) is 14.8 Å². The minimum atomic E-state index is -3.51. The quantitative estimate of drug-likeness (QED) is 0.746. The zero-order chi connectivity index (χ0) is 21.0. The van der Waals surface area contributed by atoms with Gasteiger partial charge in [-0.25, -0.2) is 8.42 Å². The first-order valence-electron chi connectivity index (χ1n) is 9.49. The Bertz CT molecular complexity index is 1000. The van der Waals surface area contributed by atoms with E-state index >= 15 is 0 Å². The van der Waals surface area contributed by atoms with E-state index in [2.05, 4.69) is 5.32 Å². The number of sulfonamides is 1. The van der Waals surface area contributed by atoms with Gasteiger partial charge in [0, 0.05) is 24.7 Å². The van der Waals surface area contributed by atoms with Crippen molar-refractivity contribution in [1.82, 2.24) is 0 Å². The molecular weight excluding hydrogens is 392 g/mol. The second kappa shape index (κ2) is 8.73. The Morgan fingerprint density at radius 3 is 2.55 bits per heavy atom. The molecule has 8 heteroatoms. The Labute approximate surface area is 171 Å². The molecule has 0 atom stereocenters. The van der Waals surface area contributed by atoms with Gasteiger partial charge in [-0.1, -0.05) is 12.1 Å². The third-order valence-electron chi connectivity index (χ3n) is 4.86. The second-order valence-electron chi connectivity index (χ2n) is 7.06. The molecule has 2 aromatic carbocycles. The summed E-state index contributed by atoms with van der Waals surface area (Å²) in [7, 11) is -3.51. The van der Waals surface area contributed by atoms with Gasteiger partial charge in [-0.3, -0.25) is 9.10 Å². The summed E-state index contributed by atoms with van der Waals surface area (Å²) in [6.07, 6.45) is 1.75. The summed E-state index contributed by atoms with van der Waals surface area (Å²) in [6.45, 7) is 5.03. The highest BCUT2D eigenvalue weighted by atomic mass is 32.2. The topological polar surface area (TPSA) is 84.9 Å².